The monoisotopic (exact) mass is 297 g/mol. The van der Waals surface area contributed by atoms with E-state index in [4.69, 9.17) is 5.73 Å². The van der Waals surface area contributed by atoms with Gasteiger partial charge in [0, 0.05) is 29.8 Å². The molecule has 0 spiro atoms. The van der Waals surface area contributed by atoms with Gasteiger partial charge in [0.05, 0.1) is 0 Å². The molecule has 1 atom stereocenters. The summed E-state index contributed by atoms with van der Waals surface area (Å²) in [5.74, 6) is 0.00967. The molecule has 1 aliphatic heterocycles. The minimum atomic E-state index is -0.265. The maximum Gasteiger partial charge on any atom is 0.244 e. The van der Waals surface area contributed by atoms with Crippen LogP contribution in [0.4, 0.5) is 5.69 Å². The molecule has 1 saturated heterocycles. The molecule has 1 aromatic carbocycles. The van der Waals surface area contributed by atoms with Gasteiger partial charge in [-0.25, -0.2) is 0 Å². The maximum atomic E-state index is 11.7. The second kappa shape index (κ2) is 5.06. The van der Waals surface area contributed by atoms with Gasteiger partial charge in [0.1, 0.15) is 6.04 Å². The van der Waals surface area contributed by atoms with E-state index in [-0.39, 0.29) is 11.9 Å². The first-order valence-electron chi connectivity index (χ1n) is 5.64. The number of benzene rings is 1. The number of carbonyl (C=O) groups is 1. The molecule has 1 amide bonds. The third kappa shape index (κ3) is 2.45. The number of halogens is 1. The topological polar surface area (TPSA) is 58.4 Å². The smallest absolute Gasteiger partial charge is 0.244 e. The summed E-state index contributed by atoms with van der Waals surface area (Å²) in [6, 6.07) is 5.84. The molecule has 1 aromatic rings. The van der Waals surface area contributed by atoms with E-state index in [0.29, 0.717) is 13.1 Å². The van der Waals surface area contributed by atoms with Gasteiger partial charge in [0.2, 0.25) is 5.91 Å². The Kier molecular flexibility index (Phi) is 3.69. The molecule has 3 N–H and O–H groups in total. The number of amides is 1. The number of nitrogens with one attached hydrogen (secondary N) is 1. The van der Waals surface area contributed by atoms with Crippen molar-refractivity contribution in [3.8, 4) is 0 Å². The average Bonchev–Trinajstić information content (AvgIpc) is 2.32. The Hall–Kier alpha value is -1.07. The molecule has 92 valence electrons. The van der Waals surface area contributed by atoms with Gasteiger partial charge < -0.3 is 16.0 Å². The summed E-state index contributed by atoms with van der Waals surface area (Å²) in [4.78, 5) is 13.8. The lowest BCUT2D eigenvalue weighted by Crippen LogP contribution is -2.58. The van der Waals surface area contributed by atoms with Gasteiger partial charge in [-0.15, -0.1) is 0 Å². The van der Waals surface area contributed by atoms with E-state index >= 15 is 0 Å². The van der Waals surface area contributed by atoms with Gasteiger partial charge in [-0.2, -0.15) is 0 Å². The fourth-order valence-electron chi connectivity index (χ4n) is 2.02. The van der Waals surface area contributed by atoms with Crippen LogP contribution in [0.25, 0.3) is 0 Å². The highest BCUT2D eigenvalue weighted by molar-refractivity contribution is 9.10. The highest BCUT2D eigenvalue weighted by Gasteiger charge is 2.28. The third-order valence-electron chi connectivity index (χ3n) is 3.04. The molecule has 2 rings (SSSR count). The van der Waals surface area contributed by atoms with Crippen LogP contribution in [0, 0.1) is 6.92 Å². The zero-order valence-electron chi connectivity index (χ0n) is 9.74. The molecule has 5 heteroatoms. The summed E-state index contributed by atoms with van der Waals surface area (Å²) < 4.78 is 1.05. The van der Waals surface area contributed by atoms with Crippen molar-refractivity contribution < 1.29 is 4.79 Å². The van der Waals surface area contributed by atoms with Crippen molar-refractivity contribution in [2.75, 3.05) is 24.5 Å². The van der Waals surface area contributed by atoms with E-state index in [0.717, 1.165) is 16.7 Å². The van der Waals surface area contributed by atoms with Crippen molar-refractivity contribution in [1.82, 2.24) is 5.32 Å². The van der Waals surface area contributed by atoms with Crippen LogP contribution in [0.2, 0.25) is 0 Å². The third-order valence-corrected chi connectivity index (χ3v) is 3.90. The van der Waals surface area contributed by atoms with E-state index in [1.807, 2.05) is 25.1 Å². The van der Waals surface area contributed by atoms with Crippen LogP contribution >= 0.6 is 15.9 Å². The molecule has 0 aliphatic carbocycles. The van der Waals surface area contributed by atoms with Crippen molar-refractivity contribution in [2.24, 2.45) is 5.73 Å². The minimum absolute atomic E-state index is 0.00967. The number of anilines is 1. The molecule has 0 bridgehead atoms. The van der Waals surface area contributed by atoms with Crippen LogP contribution in [0.5, 0.6) is 0 Å². The molecular weight excluding hydrogens is 282 g/mol. The SMILES string of the molecule is Cc1ccc(N2CCNC(=O)C2CN)cc1Br. The second-order valence-electron chi connectivity index (χ2n) is 4.17. The van der Waals surface area contributed by atoms with Crippen LogP contribution in [0.3, 0.4) is 0 Å². The Morgan fingerprint density at radius 1 is 1.59 bits per heavy atom. The lowest BCUT2D eigenvalue weighted by Gasteiger charge is -2.36. The molecule has 1 unspecified atom stereocenters. The fraction of sp³-hybridized carbons (Fsp3) is 0.417. The average molecular weight is 298 g/mol. The number of carbonyl (C=O) groups excluding carboxylic acids is 1. The number of hydrogen-bond acceptors (Lipinski definition) is 3. The Morgan fingerprint density at radius 3 is 3.00 bits per heavy atom. The van der Waals surface area contributed by atoms with Gasteiger partial charge in [-0.1, -0.05) is 22.0 Å². The number of piperazine rings is 1. The summed E-state index contributed by atoms with van der Waals surface area (Å²) in [5.41, 5.74) is 7.89. The predicted molar refractivity (Wildman–Crippen MR) is 72.1 cm³/mol. The summed E-state index contributed by atoms with van der Waals surface area (Å²) in [5, 5.41) is 2.84. The Labute approximate surface area is 109 Å². The van der Waals surface area contributed by atoms with Crippen molar-refractivity contribution in [3.63, 3.8) is 0 Å². The molecule has 1 aliphatic rings. The van der Waals surface area contributed by atoms with E-state index < -0.39 is 0 Å². The molecule has 1 fully saturated rings. The van der Waals surface area contributed by atoms with Crippen molar-refractivity contribution >= 4 is 27.5 Å². The number of nitrogens with two attached hydrogens (primary N) is 1. The summed E-state index contributed by atoms with van der Waals surface area (Å²) in [7, 11) is 0. The van der Waals surface area contributed by atoms with Crippen LogP contribution in [0.1, 0.15) is 5.56 Å². The maximum absolute atomic E-state index is 11.7. The number of hydrogen-bond donors (Lipinski definition) is 2. The van der Waals surface area contributed by atoms with Gasteiger partial charge >= 0.3 is 0 Å². The predicted octanol–water partition coefficient (Wildman–Crippen LogP) is 1.02. The Morgan fingerprint density at radius 2 is 2.35 bits per heavy atom. The lowest BCUT2D eigenvalue weighted by molar-refractivity contribution is -0.123. The van der Waals surface area contributed by atoms with Gasteiger partial charge in [-0.05, 0) is 24.6 Å². The molecule has 4 nitrogen and oxygen atoms in total. The first kappa shape index (κ1) is 12.4. The first-order chi connectivity index (χ1) is 8.13. The highest BCUT2D eigenvalue weighted by Crippen LogP contribution is 2.25. The standard InChI is InChI=1S/C12H16BrN3O/c1-8-2-3-9(6-10(8)13)16-5-4-15-12(17)11(16)7-14/h2-3,6,11H,4-5,7,14H2,1H3,(H,15,17). The summed E-state index contributed by atoms with van der Waals surface area (Å²) in [6.45, 7) is 3.83. The second-order valence-corrected chi connectivity index (χ2v) is 5.02. The number of nitrogens with zero attached hydrogens (tertiary/aromatic N) is 1. The Bertz CT molecular complexity index is 436. The molecule has 1 heterocycles. The zero-order chi connectivity index (χ0) is 12.4. The highest BCUT2D eigenvalue weighted by atomic mass is 79.9. The van der Waals surface area contributed by atoms with E-state index in [9.17, 15) is 4.79 Å². The normalized spacial score (nSPS) is 20.3. The van der Waals surface area contributed by atoms with Crippen LogP contribution < -0.4 is 16.0 Å². The van der Waals surface area contributed by atoms with E-state index in [2.05, 4.69) is 26.1 Å². The fourth-order valence-corrected chi connectivity index (χ4v) is 2.39. The Balaban J connectivity index is 2.30. The van der Waals surface area contributed by atoms with Crippen molar-refractivity contribution in [2.45, 2.75) is 13.0 Å². The van der Waals surface area contributed by atoms with Gasteiger partial charge in [0.15, 0.2) is 0 Å². The zero-order valence-corrected chi connectivity index (χ0v) is 11.3. The van der Waals surface area contributed by atoms with Gasteiger partial charge in [-0.3, -0.25) is 4.79 Å². The molecule has 0 radical (unpaired) electrons. The van der Waals surface area contributed by atoms with Crippen molar-refractivity contribution in [1.29, 1.82) is 0 Å². The van der Waals surface area contributed by atoms with Crippen LogP contribution in [-0.4, -0.2) is 31.6 Å². The largest absolute Gasteiger partial charge is 0.357 e. The molecule has 0 saturated carbocycles. The molecule has 17 heavy (non-hydrogen) atoms. The molecule has 0 aromatic heterocycles. The number of rotatable bonds is 2. The van der Waals surface area contributed by atoms with Crippen LogP contribution in [0.15, 0.2) is 22.7 Å². The number of aryl methyl sites for hydroxylation is 1. The van der Waals surface area contributed by atoms with E-state index in [1.54, 1.807) is 0 Å². The minimum Gasteiger partial charge on any atom is -0.357 e. The summed E-state index contributed by atoms with van der Waals surface area (Å²) >= 11 is 3.51. The van der Waals surface area contributed by atoms with Crippen molar-refractivity contribution in [3.05, 3.63) is 28.2 Å². The first-order valence-corrected chi connectivity index (χ1v) is 6.43. The van der Waals surface area contributed by atoms with E-state index in [1.165, 1.54) is 5.56 Å². The van der Waals surface area contributed by atoms with Gasteiger partial charge in [0.25, 0.3) is 0 Å². The summed E-state index contributed by atoms with van der Waals surface area (Å²) in [6.07, 6.45) is 0. The van der Waals surface area contributed by atoms with Crippen LogP contribution in [-0.2, 0) is 4.79 Å². The quantitative estimate of drug-likeness (QED) is 0.857. The lowest BCUT2D eigenvalue weighted by atomic mass is 10.1. The molecular formula is C12H16BrN3O.